The summed E-state index contributed by atoms with van der Waals surface area (Å²) in [4.78, 5) is 4.37. The zero-order valence-corrected chi connectivity index (χ0v) is 11.6. The van der Waals surface area contributed by atoms with Crippen LogP contribution in [0.1, 0.15) is 32.5 Å². The Morgan fingerprint density at radius 3 is 3.06 bits per heavy atom. The third-order valence-electron chi connectivity index (χ3n) is 3.95. The maximum Gasteiger partial charge on any atom is 0.138 e. The van der Waals surface area contributed by atoms with Crippen molar-refractivity contribution in [2.75, 3.05) is 13.7 Å². The monoisotopic (exact) mass is 252 g/mol. The molecular weight excluding hydrogens is 228 g/mol. The normalized spacial score (nSPS) is 25.5. The van der Waals surface area contributed by atoms with Crippen LogP contribution in [0.4, 0.5) is 0 Å². The molecule has 1 aliphatic heterocycles. The third kappa shape index (κ3) is 2.72. The van der Waals surface area contributed by atoms with Crippen molar-refractivity contribution in [3.8, 4) is 0 Å². The van der Waals surface area contributed by atoms with Crippen molar-refractivity contribution in [2.45, 2.75) is 51.8 Å². The Labute approximate surface area is 109 Å². The quantitative estimate of drug-likeness (QED) is 0.827. The highest BCUT2D eigenvalue weighted by molar-refractivity contribution is 4.95. The Bertz CT molecular complexity index is 366. The van der Waals surface area contributed by atoms with Crippen molar-refractivity contribution < 1.29 is 4.74 Å². The van der Waals surface area contributed by atoms with Gasteiger partial charge in [-0.05, 0) is 26.8 Å². The summed E-state index contributed by atoms with van der Waals surface area (Å²) < 4.78 is 7.76. The van der Waals surface area contributed by atoms with Crippen LogP contribution in [0.2, 0.25) is 0 Å². The molecule has 1 aromatic rings. The smallest absolute Gasteiger partial charge is 0.138 e. The number of aromatic nitrogens is 3. The van der Waals surface area contributed by atoms with Gasteiger partial charge in [-0.1, -0.05) is 6.92 Å². The first-order chi connectivity index (χ1) is 8.80. The average Bonchev–Trinajstić information content (AvgIpc) is 3.03. The summed E-state index contributed by atoms with van der Waals surface area (Å²) in [5, 5.41) is 7.67. The van der Waals surface area contributed by atoms with Gasteiger partial charge in [0.05, 0.1) is 6.10 Å². The van der Waals surface area contributed by atoms with Gasteiger partial charge in [-0.15, -0.1) is 0 Å². The molecule has 3 atom stereocenters. The van der Waals surface area contributed by atoms with E-state index in [2.05, 4.69) is 29.2 Å². The number of nitrogens with zero attached hydrogens (tertiary/aromatic N) is 3. The molecule has 0 amide bonds. The van der Waals surface area contributed by atoms with Crippen molar-refractivity contribution in [2.24, 2.45) is 5.92 Å². The van der Waals surface area contributed by atoms with Gasteiger partial charge in [0.25, 0.3) is 0 Å². The van der Waals surface area contributed by atoms with Gasteiger partial charge >= 0.3 is 0 Å². The Balaban J connectivity index is 2.05. The number of hydrogen-bond acceptors (Lipinski definition) is 4. The van der Waals surface area contributed by atoms with E-state index in [1.54, 1.807) is 6.33 Å². The number of nitrogens with one attached hydrogen (secondary N) is 1. The lowest BCUT2D eigenvalue weighted by molar-refractivity contribution is 0.0780. The molecule has 0 aliphatic carbocycles. The molecule has 0 saturated carbocycles. The lowest BCUT2D eigenvalue weighted by atomic mass is 9.89. The first-order valence-corrected chi connectivity index (χ1v) is 6.95. The molecule has 3 unspecified atom stereocenters. The molecule has 2 heterocycles. The molecule has 5 nitrogen and oxygen atoms in total. The first-order valence-electron chi connectivity index (χ1n) is 6.95. The summed E-state index contributed by atoms with van der Waals surface area (Å²) in [6, 6.07) is 0.423. The van der Waals surface area contributed by atoms with Gasteiger partial charge < -0.3 is 10.1 Å². The van der Waals surface area contributed by atoms with Crippen LogP contribution in [-0.4, -0.2) is 40.6 Å². The molecule has 0 radical (unpaired) electrons. The molecule has 18 heavy (non-hydrogen) atoms. The summed E-state index contributed by atoms with van der Waals surface area (Å²) in [7, 11) is 2.03. The molecule has 1 N–H and O–H groups in total. The van der Waals surface area contributed by atoms with E-state index >= 15 is 0 Å². The topological polar surface area (TPSA) is 52.0 Å². The lowest BCUT2D eigenvalue weighted by Gasteiger charge is -2.26. The summed E-state index contributed by atoms with van der Waals surface area (Å²) >= 11 is 0. The molecule has 1 aliphatic rings. The number of ether oxygens (including phenoxy) is 1. The standard InChI is InChI=1S/C13H24N4O/c1-4-12-10(6-7-18-12)11(14-3)8-13-15-9-16-17(13)5-2/h9-12,14H,4-8H2,1-3H3. The maximum absolute atomic E-state index is 5.79. The molecule has 2 rings (SSSR count). The zero-order chi connectivity index (χ0) is 13.0. The summed E-state index contributed by atoms with van der Waals surface area (Å²) in [5.74, 6) is 1.65. The van der Waals surface area contributed by atoms with Crippen LogP contribution < -0.4 is 5.32 Å². The minimum absolute atomic E-state index is 0.389. The molecule has 0 aromatic carbocycles. The lowest BCUT2D eigenvalue weighted by Crippen LogP contribution is -2.40. The van der Waals surface area contributed by atoms with E-state index in [1.807, 2.05) is 11.7 Å². The van der Waals surface area contributed by atoms with Crippen molar-refractivity contribution >= 4 is 0 Å². The number of aryl methyl sites for hydroxylation is 1. The molecule has 1 saturated heterocycles. The Hall–Kier alpha value is -0.940. The third-order valence-corrected chi connectivity index (χ3v) is 3.95. The van der Waals surface area contributed by atoms with Crippen LogP contribution in [0.3, 0.4) is 0 Å². The van der Waals surface area contributed by atoms with Crippen molar-refractivity contribution in [1.82, 2.24) is 20.1 Å². The van der Waals surface area contributed by atoms with Crippen molar-refractivity contribution in [1.29, 1.82) is 0 Å². The second-order valence-electron chi connectivity index (χ2n) is 4.86. The number of rotatable bonds is 6. The fourth-order valence-electron chi connectivity index (χ4n) is 2.92. The van der Waals surface area contributed by atoms with Gasteiger partial charge in [0.1, 0.15) is 12.2 Å². The minimum atomic E-state index is 0.389. The maximum atomic E-state index is 5.79. The largest absolute Gasteiger partial charge is 0.378 e. The fourth-order valence-corrected chi connectivity index (χ4v) is 2.92. The Morgan fingerprint density at radius 2 is 2.39 bits per heavy atom. The van der Waals surface area contributed by atoms with E-state index in [9.17, 15) is 0 Å². The van der Waals surface area contributed by atoms with E-state index in [0.717, 1.165) is 38.2 Å². The van der Waals surface area contributed by atoms with Gasteiger partial charge in [0.2, 0.25) is 0 Å². The van der Waals surface area contributed by atoms with Gasteiger partial charge in [-0.25, -0.2) is 4.98 Å². The predicted octanol–water partition coefficient (Wildman–Crippen LogP) is 1.24. The second kappa shape index (κ2) is 6.29. The molecule has 5 heteroatoms. The van der Waals surface area contributed by atoms with E-state index in [4.69, 9.17) is 4.74 Å². The molecule has 1 aromatic heterocycles. The van der Waals surface area contributed by atoms with Crippen LogP contribution >= 0.6 is 0 Å². The first kappa shape index (κ1) is 13.5. The van der Waals surface area contributed by atoms with E-state index < -0.39 is 0 Å². The second-order valence-corrected chi connectivity index (χ2v) is 4.86. The molecular formula is C13H24N4O. The van der Waals surface area contributed by atoms with Gasteiger partial charge in [-0.3, -0.25) is 4.68 Å². The van der Waals surface area contributed by atoms with Crippen LogP contribution in [0.25, 0.3) is 0 Å². The predicted molar refractivity (Wildman–Crippen MR) is 70.4 cm³/mol. The van der Waals surface area contributed by atoms with E-state index in [0.29, 0.717) is 18.1 Å². The molecule has 0 bridgehead atoms. The van der Waals surface area contributed by atoms with Crippen molar-refractivity contribution in [3.63, 3.8) is 0 Å². The van der Waals surface area contributed by atoms with E-state index in [-0.39, 0.29) is 0 Å². The van der Waals surface area contributed by atoms with E-state index in [1.165, 1.54) is 0 Å². The summed E-state index contributed by atoms with van der Waals surface area (Å²) in [6.07, 6.45) is 5.19. The zero-order valence-electron chi connectivity index (χ0n) is 11.6. The highest BCUT2D eigenvalue weighted by Gasteiger charge is 2.33. The van der Waals surface area contributed by atoms with Crippen LogP contribution in [-0.2, 0) is 17.7 Å². The van der Waals surface area contributed by atoms with Crippen LogP contribution in [0.5, 0.6) is 0 Å². The number of hydrogen-bond donors (Lipinski definition) is 1. The van der Waals surface area contributed by atoms with Crippen molar-refractivity contribution in [3.05, 3.63) is 12.2 Å². The molecule has 0 spiro atoms. The van der Waals surface area contributed by atoms with Gasteiger partial charge in [0.15, 0.2) is 0 Å². The average molecular weight is 252 g/mol. The van der Waals surface area contributed by atoms with Gasteiger partial charge in [0, 0.05) is 31.5 Å². The summed E-state index contributed by atoms with van der Waals surface area (Å²) in [6.45, 7) is 6.07. The molecule has 1 fully saturated rings. The Morgan fingerprint density at radius 1 is 1.56 bits per heavy atom. The Kier molecular flexibility index (Phi) is 4.72. The minimum Gasteiger partial charge on any atom is -0.378 e. The highest BCUT2D eigenvalue weighted by Crippen LogP contribution is 2.27. The summed E-state index contributed by atoms with van der Waals surface area (Å²) in [5.41, 5.74) is 0. The van der Waals surface area contributed by atoms with Crippen LogP contribution in [0.15, 0.2) is 6.33 Å². The van der Waals surface area contributed by atoms with Gasteiger partial charge in [-0.2, -0.15) is 5.10 Å². The van der Waals surface area contributed by atoms with Crippen LogP contribution in [0, 0.1) is 5.92 Å². The number of likely N-dealkylation sites (N-methyl/N-ethyl adjacent to an activating group) is 1. The molecule has 102 valence electrons. The fraction of sp³-hybridized carbons (Fsp3) is 0.846. The SMILES string of the molecule is CCC1OCCC1C(Cc1ncnn1CC)NC. The highest BCUT2D eigenvalue weighted by atomic mass is 16.5.